The molecule has 0 aromatic heterocycles. The van der Waals surface area contributed by atoms with Crippen LogP contribution >= 0.6 is 0 Å². The second-order valence-corrected chi connectivity index (χ2v) is 8.12. The van der Waals surface area contributed by atoms with Crippen molar-refractivity contribution >= 4 is 25.6 Å². The average molecular weight is 224 g/mol. The van der Waals surface area contributed by atoms with Crippen molar-refractivity contribution in [3.8, 4) is 0 Å². The fraction of sp³-hybridized carbons (Fsp3) is 0.200. The molecular formula is C15H16Si. The standard InChI is InChI=1S/C15H16Si/c1-16(2)15-10-9-13-12-6-4-3-5-11(12)7-8-14(13)15/h3-10,15-16H,1-2H3. The normalized spacial score (nSPS) is 18.3. The first-order chi connectivity index (χ1) is 7.77. The molecular weight excluding hydrogens is 208 g/mol. The van der Waals surface area contributed by atoms with E-state index in [9.17, 15) is 0 Å². The van der Waals surface area contributed by atoms with E-state index < -0.39 is 8.80 Å². The summed E-state index contributed by atoms with van der Waals surface area (Å²) in [5, 5.41) is 2.77. The summed E-state index contributed by atoms with van der Waals surface area (Å²) in [6.07, 6.45) is 4.74. The second-order valence-electron chi connectivity index (χ2n) is 4.92. The van der Waals surface area contributed by atoms with Crippen LogP contribution in [0.5, 0.6) is 0 Å². The van der Waals surface area contributed by atoms with E-state index in [0.717, 1.165) is 5.54 Å². The number of benzene rings is 2. The van der Waals surface area contributed by atoms with Crippen molar-refractivity contribution in [2.24, 2.45) is 0 Å². The molecule has 0 aliphatic heterocycles. The molecule has 0 bridgehead atoms. The van der Waals surface area contributed by atoms with Gasteiger partial charge in [-0.2, -0.15) is 0 Å². The Hall–Kier alpha value is -1.34. The molecule has 1 heteroatoms. The lowest BCUT2D eigenvalue weighted by atomic mass is 10.0. The van der Waals surface area contributed by atoms with Crippen molar-refractivity contribution in [3.05, 3.63) is 53.6 Å². The van der Waals surface area contributed by atoms with Gasteiger partial charge in [0.25, 0.3) is 0 Å². The molecule has 0 radical (unpaired) electrons. The Morgan fingerprint density at radius 3 is 2.62 bits per heavy atom. The third kappa shape index (κ3) is 1.35. The van der Waals surface area contributed by atoms with E-state index in [2.05, 4.69) is 61.6 Å². The maximum atomic E-state index is 2.43. The topological polar surface area (TPSA) is 0 Å². The summed E-state index contributed by atoms with van der Waals surface area (Å²) in [7, 11) is -0.627. The summed E-state index contributed by atoms with van der Waals surface area (Å²) < 4.78 is 0. The van der Waals surface area contributed by atoms with Crippen LogP contribution in [0.4, 0.5) is 0 Å². The zero-order valence-corrected chi connectivity index (χ0v) is 10.9. The first-order valence-electron chi connectivity index (χ1n) is 5.97. The molecule has 1 aliphatic carbocycles. The van der Waals surface area contributed by atoms with Crippen LogP contribution < -0.4 is 0 Å². The second kappa shape index (κ2) is 3.60. The highest BCUT2D eigenvalue weighted by Crippen LogP contribution is 2.36. The van der Waals surface area contributed by atoms with Gasteiger partial charge in [0.15, 0.2) is 0 Å². The maximum absolute atomic E-state index is 2.43. The minimum Gasteiger partial charge on any atom is -0.0794 e. The highest BCUT2D eigenvalue weighted by atomic mass is 28.3. The molecule has 0 saturated heterocycles. The molecule has 0 amide bonds. The summed E-state index contributed by atoms with van der Waals surface area (Å²) in [6.45, 7) is 4.86. The van der Waals surface area contributed by atoms with Crippen molar-refractivity contribution in [2.75, 3.05) is 0 Å². The van der Waals surface area contributed by atoms with E-state index in [1.54, 1.807) is 5.56 Å². The Balaban J connectivity index is 2.27. The van der Waals surface area contributed by atoms with E-state index in [1.165, 1.54) is 16.3 Å². The fourth-order valence-electron chi connectivity index (χ4n) is 2.67. The van der Waals surface area contributed by atoms with Gasteiger partial charge in [-0.3, -0.25) is 0 Å². The van der Waals surface area contributed by atoms with Gasteiger partial charge in [-0.1, -0.05) is 61.6 Å². The molecule has 0 nitrogen and oxygen atoms in total. The Morgan fingerprint density at radius 2 is 1.81 bits per heavy atom. The van der Waals surface area contributed by atoms with Crippen LogP contribution in [0.2, 0.25) is 13.1 Å². The lowest BCUT2D eigenvalue weighted by Crippen LogP contribution is -2.12. The minimum atomic E-state index is -0.627. The molecule has 0 N–H and O–H groups in total. The van der Waals surface area contributed by atoms with Gasteiger partial charge >= 0.3 is 0 Å². The monoisotopic (exact) mass is 224 g/mol. The number of hydrogen-bond donors (Lipinski definition) is 0. The van der Waals surface area contributed by atoms with E-state index in [4.69, 9.17) is 0 Å². The smallest absolute Gasteiger partial charge is 0.0436 e. The van der Waals surface area contributed by atoms with Crippen LogP contribution in [0.25, 0.3) is 16.8 Å². The van der Waals surface area contributed by atoms with Gasteiger partial charge in [-0.05, 0) is 27.4 Å². The molecule has 1 aliphatic rings. The summed E-state index contributed by atoms with van der Waals surface area (Å²) in [5.74, 6) is 0. The quantitative estimate of drug-likeness (QED) is 0.643. The molecule has 1 unspecified atom stereocenters. The highest BCUT2D eigenvalue weighted by molar-refractivity contribution is 6.58. The Bertz CT molecular complexity index is 567. The molecule has 0 fully saturated rings. The van der Waals surface area contributed by atoms with Crippen LogP contribution in [0.1, 0.15) is 16.7 Å². The van der Waals surface area contributed by atoms with Gasteiger partial charge in [-0.25, -0.2) is 0 Å². The summed E-state index contributed by atoms with van der Waals surface area (Å²) in [5.41, 5.74) is 3.75. The molecule has 1 atom stereocenters. The highest BCUT2D eigenvalue weighted by Gasteiger charge is 2.21. The third-order valence-corrected chi connectivity index (χ3v) is 5.57. The van der Waals surface area contributed by atoms with E-state index >= 15 is 0 Å². The van der Waals surface area contributed by atoms with Crippen LogP contribution in [-0.2, 0) is 0 Å². The maximum Gasteiger partial charge on any atom is 0.0436 e. The summed E-state index contributed by atoms with van der Waals surface area (Å²) in [6, 6.07) is 13.3. The Morgan fingerprint density at radius 1 is 1.00 bits per heavy atom. The van der Waals surface area contributed by atoms with Crippen LogP contribution in [0.3, 0.4) is 0 Å². The largest absolute Gasteiger partial charge is 0.0794 e. The predicted molar refractivity (Wildman–Crippen MR) is 74.6 cm³/mol. The molecule has 3 rings (SSSR count). The van der Waals surface area contributed by atoms with Gasteiger partial charge in [0.05, 0.1) is 0 Å². The van der Waals surface area contributed by atoms with Gasteiger partial charge in [0.1, 0.15) is 0 Å². The summed E-state index contributed by atoms with van der Waals surface area (Å²) in [4.78, 5) is 0. The number of allylic oxidation sites excluding steroid dienone is 1. The van der Waals surface area contributed by atoms with Crippen molar-refractivity contribution in [1.29, 1.82) is 0 Å². The molecule has 80 valence electrons. The van der Waals surface area contributed by atoms with Crippen molar-refractivity contribution in [3.63, 3.8) is 0 Å². The van der Waals surface area contributed by atoms with Gasteiger partial charge in [0, 0.05) is 8.80 Å². The van der Waals surface area contributed by atoms with Crippen LogP contribution in [0, 0.1) is 0 Å². The fourth-order valence-corrected chi connectivity index (χ4v) is 4.24. The number of rotatable bonds is 1. The number of fused-ring (bicyclic) bond motifs is 3. The molecule has 0 spiro atoms. The third-order valence-electron chi connectivity index (χ3n) is 3.55. The van der Waals surface area contributed by atoms with Crippen molar-refractivity contribution in [1.82, 2.24) is 0 Å². The zero-order valence-electron chi connectivity index (χ0n) is 9.77. The van der Waals surface area contributed by atoms with E-state index in [1.807, 2.05) is 0 Å². The van der Waals surface area contributed by atoms with Gasteiger partial charge < -0.3 is 0 Å². The van der Waals surface area contributed by atoms with Gasteiger partial charge in [0.2, 0.25) is 0 Å². The van der Waals surface area contributed by atoms with Crippen molar-refractivity contribution in [2.45, 2.75) is 18.6 Å². The van der Waals surface area contributed by atoms with Crippen molar-refractivity contribution < 1.29 is 0 Å². The molecule has 0 saturated carbocycles. The first-order valence-corrected chi connectivity index (χ1v) is 8.95. The lowest BCUT2D eigenvalue weighted by molar-refractivity contribution is 1.21. The average Bonchev–Trinajstić information content (AvgIpc) is 2.73. The van der Waals surface area contributed by atoms with Crippen LogP contribution in [-0.4, -0.2) is 8.80 Å². The predicted octanol–water partition coefficient (Wildman–Crippen LogP) is 3.98. The van der Waals surface area contributed by atoms with E-state index in [0.29, 0.717) is 0 Å². The Kier molecular flexibility index (Phi) is 2.22. The Labute approximate surface area is 98.2 Å². The zero-order chi connectivity index (χ0) is 11.1. The van der Waals surface area contributed by atoms with Crippen LogP contribution in [0.15, 0.2) is 42.5 Å². The minimum absolute atomic E-state index is 0.627. The van der Waals surface area contributed by atoms with Gasteiger partial charge in [-0.15, -0.1) is 0 Å². The lowest BCUT2D eigenvalue weighted by Gasteiger charge is -2.14. The number of hydrogen-bond acceptors (Lipinski definition) is 0. The van der Waals surface area contributed by atoms with E-state index in [-0.39, 0.29) is 0 Å². The SMILES string of the molecule is C[SiH](C)C1C=Cc2c1ccc1ccccc21. The molecule has 16 heavy (non-hydrogen) atoms. The molecule has 2 aromatic carbocycles. The summed E-state index contributed by atoms with van der Waals surface area (Å²) >= 11 is 0. The first kappa shape index (κ1) is 9.85. The molecule has 0 heterocycles. The molecule has 2 aromatic rings.